The minimum Gasteiger partial charge on any atom is -0.323 e. The van der Waals surface area contributed by atoms with Crippen LogP contribution >= 0.6 is 0 Å². The molecule has 116 valence electrons. The quantitative estimate of drug-likeness (QED) is 0.692. The molecule has 2 amide bonds. The Labute approximate surface area is 127 Å². The number of non-ortho nitro benzene ring substituents is 1. The third-order valence-electron chi connectivity index (χ3n) is 3.19. The molecule has 1 aromatic heterocycles. The molecule has 0 spiro atoms. The second-order valence-corrected chi connectivity index (χ2v) is 5.06. The van der Waals surface area contributed by atoms with Gasteiger partial charge in [0.25, 0.3) is 5.69 Å². The highest BCUT2D eigenvalue weighted by molar-refractivity contribution is 5.90. The summed E-state index contributed by atoms with van der Waals surface area (Å²) in [5.74, 6) is 0. The monoisotopic (exact) mass is 303 g/mol. The number of nitro benzene ring substituents is 1. The molecular weight excluding hydrogens is 286 g/mol. The maximum Gasteiger partial charge on any atom is 0.321 e. The molecule has 0 bridgehead atoms. The van der Waals surface area contributed by atoms with Gasteiger partial charge in [-0.15, -0.1) is 0 Å². The molecule has 1 aromatic carbocycles. The third kappa shape index (κ3) is 3.60. The smallest absolute Gasteiger partial charge is 0.321 e. The molecular formula is C14H17N5O3. The second-order valence-electron chi connectivity index (χ2n) is 5.06. The van der Waals surface area contributed by atoms with Gasteiger partial charge >= 0.3 is 6.03 Å². The van der Waals surface area contributed by atoms with Gasteiger partial charge in [0, 0.05) is 43.7 Å². The van der Waals surface area contributed by atoms with Crippen LogP contribution in [-0.2, 0) is 13.6 Å². The van der Waals surface area contributed by atoms with E-state index in [-0.39, 0.29) is 11.7 Å². The SMILES string of the molecule is Cc1cc([N+](=O)[O-])ccc1NC(=O)N(C)Cc1cnn(C)c1. The lowest BCUT2D eigenvalue weighted by Crippen LogP contribution is -2.31. The predicted octanol–water partition coefficient (Wildman–Crippen LogP) is 2.30. The maximum atomic E-state index is 12.1. The van der Waals surface area contributed by atoms with Crippen molar-refractivity contribution in [2.45, 2.75) is 13.5 Å². The van der Waals surface area contributed by atoms with Gasteiger partial charge in [-0.2, -0.15) is 5.10 Å². The number of nitro groups is 1. The zero-order valence-corrected chi connectivity index (χ0v) is 12.6. The highest BCUT2D eigenvalue weighted by Gasteiger charge is 2.13. The molecule has 2 aromatic rings. The van der Waals surface area contributed by atoms with Crippen LogP contribution in [0.5, 0.6) is 0 Å². The van der Waals surface area contributed by atoms with Gasteiger partial charge < -0.3 is 10.2 Å². The largest absolute Gasteiger partial charge is 0.323 e. The van der Waals surface area contributed by atoms with Crippen LogP contribution in [0.15, 0.2) is 30.6 Å². The first kappa shape index (κ1) is 15.5. The van der Waals surface area contributed by atoms with E-state index in [0.29, 0.717) is 17.8 Å². The highest BCUT2D eigenvalue weighted by atomic mass is 16.6. The van der Waals surface area contributed by atoms with E-state index in [2.05, 4.69) is 10.4 Å². The number of aromatic nitrogens is 2. The van der Waals surface area contributed by atoms with Crippen LogP contribution in [0, 0.1) is 17.0 Å². The van der Waals surface area contributed by atoms with Crippen molar-refractivity contribution in [3.05, 3.63) is 51.8 Å². The first-order valence-corrected chi connectivity index (χ1v) is 6.61. The van der Waals surface area contributed by atoms with E-state index in [4.69, 9.17) is 0 Å². The number of rotatable bonds is 4. The van der Waals surface area contributed by atoms with E-state index >= 15 is 0 Å². The number of carbonyl (C=O) groups excluding carboxylic acids is 1. The van der Waals surface area contributed by atoms with E-state index in [1.807, 2.05) is 13.2 Å². The Kier molecular flexibility index (Phi) is 4.40. The number of hydrogen-bond donors (Lipinski definition) is 1. The molecule has 0 fully saturated rings. The molecule has 0 aliphatic carbocycles. The Morgan fingerprint density at radius 1 is 1.50 bits per heavy atom. The number of aryl methyl sites for hydroxylation is 2. The molecule has 0 radical (unpaired) electrons. The Balaban J connectivity index is 2.03. The number of amides is 2. The van der Waals surface area contributed by atoms with E-state index in [9.17, 15) is 14.9 Å². The number of nitrogens with zero attached hydrogens (tertiary/aromatic N) is 4. The number of benzene rings is 1. The lowest BCUT2D eigenvalue weighted by Gasteiger charge is -2.18. The zero-order valence-electron chi connectivity index (χ0n) is 12.6. The van der Waals surface area contributed by atoms with Crippen LogP contribution in [0.2, 0.25) is 0 Å². The van der Waals surface area contributed by atoms with Crippen molar-refractivity contribution in [2.24, 2.45) is 7.05 Å². The fourth-order valence-corrected chi connectivity index (χ4v) is 2.01. The van der Waals surface area contributed by atoms with Crippen molar-refractivity contribution in [2.75, 3.05) is 12.4 Å². The fraction of sp³-hybridized carbons (Fsp3) is 0.286. The first-order chi connectivity index (χ1) is 10.4. The second kappa shape index (κ2) is 6.25. The van der Waals surface area contributed by atoms with Crippen molar-refractivity contribution in [3.63, 3.8) is 0 Å². The average Bonchev–Trinajstić information content (AvgIpc) is 2.85. The molecule has 0 atom stereocenters. The van der Waals surface area contributed by atoms with Crippen LogP contribution < -0.4 is 5.32 Å². The Morgan fingerprint density at radius 3 is 2.77 bits per heavy atom. The topological polar surface area (TPSA) is 93.3 Å². The van der Waals surface area contributed by atoms with Crippen LogP contribution in [0.3, 0.4) is 0 Å². The van der Waals surface area contributed by atoms with Gasteiger partial charge in [0.15, 0.2) is 0 Å². The van der Waals surface area contributed by atoms with Gasteiger partial charge in [-0.25, -0.2) is 4.79 Å². The Bertz CT molecular complexity index is 710. The summed E-state index contributed by atoms with van der Waals surface area (Å²) in [6.45, 7) is 2.13. The lowest BCUT2D eigenvalue weighted by molar-refractivity contribution is -0.384. The summed E-state index contributed by atoms with van der Waals surface area (Å²) < 4.78 is 1.67. The molecule has 0 saturated carbocycles. The van der Waals surface area contributed by atoms with Gasteiger partial charge in [0.1, 0.15) is 0 Å². The molecule has 0 aliphatic rings. The van der Waals surface area contributed by atoms with Crippen LogP contribution in [-0.4, -0.2) is 32.7 Å². The van der Waals surface area contributed by atoms with Crippen LogP contribution in [0.25, 0.3) is 0 Å². The molecule has 0 unspecified atom stereocenters. The number of anilines is 1. The number of urea groups is 1. The fourth-order valence-electron chi connectivity index (χ4n) is 2.01. The van der Waals surface area contributed by atoms with E-state index < -0.39 is 4.92 Å². The van der Waals surface area contributed by atoms with Crippen molar-refractivity contribution < 1.29 is 9.72 Å². The van der Waals surface area contributed by atoms with Crippen molar-refractivity contribution in [1.29, 1.82) is 0 Å². The molecule has 8 nitrogen and oxygen atoms in total. The number of nitrogens with one attached hydrogen (secondary N) is 1. The summed E-state index contributed by atoms with van der Waals surface area (Å²) >= 11 is 0. The minimum absolute atomic E-state index is 0.000728. The van der Waals surface area contributed by atoms with Gasteiger partial charge in [-0.3, -0.25) is 14.8 Å². The number of hydrogen-bond acceptors (Lipinski definition) is 4. The summed E-state index contributed by atoms with van der Waals surface area (Å²) in [6, 6.07) is 4.03. The summed E-state index contributed by atoms with van der Waals surface area (Å²) in [4.78, 5) is 23.9. The highest BCUT2D eigenvalue weighted by Crippen LogP contribution is 2.21. The molecule has 8 heteroatoms. The minimum atomic E-state index is -0.465. The molecule has 22 heavy (non-hydrogen) atoms. The normalized spacial score (nSPS) is 10.3. The Hall–Kier alpha value is -2.90. The van der Waals surface area contributed by atoms with E-state index in [1.54, 1.807) is 24.9 Å². The van der Waals surface area contributed by atoms with E-state index in [1.165, 1.54) is 23.1 Å². The van der Waals surface area contributed by atoms with Gasteiger partial charge in [0.2, 0.25) is 0 Å². The van der Waals surface area contributed by atoms with Gasteiger partial charge in [-0.05, 0) is 18.6 Å². The summed E-state index contributed by atoms with van der Waals surface area (Å²) in [6.07, 6.45) is 3.53. The molecule has 2 rings (SSSR count). The van der Waals surface area contributed by atoms with Crippen LogP contribution in [0.1, 0.15) is 11.1 Å². The Morgan fingerprint density at radius 2 is 2.23 bits per heavy atom. The van der Waals surface area contributed by atoms with Crippen LogP contribution in [0.4, 0.5) is 16.2 Å². The molecule has 1 N–H and O–H groups in total. The third-order valence-corrected chi connectivity index (χ3v) is 3.19. The van der Waals surface area contributed by atoms with E-state index in [0.717, 1.165) is 5.56 Å². The van der Waals surface area contributed by atoms with Crippen molar-refractivity contribution in [1.82, 2.24) is 14.7 Å². The van der Waals surface area contributed by atoms with Crippen molar-refractivity contribution >= 4 is 17.4 Å². The maximum absolute atomic E-state index is 12.1. The summed E-state index contributed by atoms with van der Waals surface area (Å²) in [5, 5.41) is 17.5. The summed E-state index contributed by atoms with van der Waals surface area (Å²) in [7, 11) is 3.48. The predicted molar refractivity (Wildman–Crippen MR) is 81.5 cm³/mol. The molecule has 1 heterocycles. The average molecular weight is 303 g/mol. The lowest BCUT2D eigenvalue weighted by atomic mass is 10.2. The summed E-state index contributed by atoms with van der Waals surface area (Å²) in [5.41, 5.74) is 2.10. The van der Waals surface area contributed by atoms with Gasteiger partial charge in [-0.1, -0.05) is 0 Å². The van der Waals surface area contributed by atoms with Crippen molar-refractivity contribution in [3.8, 4) is 0 Å². The first-order valence-electron chi connectivity index (χ1n) is 6.61. The van der Waals surface area contributed by atoms with Gasteiger partial charge in [0.05, 0.1) is 17.7 Å². The molecule has 0 saturated heterocycles. The zero-order chi connectivity index (χ0) is 16.3. The standard InChI is InChI=1S/C14H17N5O3/c1-10-6-12(19(21)22)4-5-13(10)16-14(20)17(2)8-11-7-15-18(3)9-11/h4-7,9H,8H2,1-3H3,(H,16,20). The molecule has 0 aliphatic heterocycles. The number of carbonyl (C=O) groups is 1.